The highest BCUT2D eigenvalue weighted by molar-refractivity contribution is 7.85. The fourth-order valence-electron chi connectivity index (χ4n) is 1.68. The van der Waals surface area contributed by atoms with Crippen LogP contribution in [-0.2, 0) is 17.3 Å². The van der Waals surface area contributed by atoms with Crippen molar-refractivity contribution in [2.45, 2.75) is 12.1 Å². The summed E-state index contributed by atoms with van der Waals surface area (Å²) < 4.78 is 48.3. The van der Waals surface area contributed by atoms with Gasteiger partial charge in [0.1, 0.15) is 10.8 Å². The van der Waals surface area contributed by atoms with E-state index in [1.165, 1.54) is 18.2 Å². The number of rotatable bonds is 3. The van der Waals surface area contributed by atoms with Crippen LogP contribution in [0.3, 0.4) is 0 Å². The van der Waals surface area contributed by atoms with E-state index >= 15 is 0 Å². The van der Waals surface area contributed by atoms with Crippen molar-refractivity contribution in [3.63, 3.8) is 0 Å². The van der Waals surface area contributed by atoms with E-state index in [0.717, 1.165) is 10.9 Å². The minimum absolute atomic E-state index is 0.189. The molecule has 0 spiro atoms. The fraction of sp³-hybridized carbons (Fsp3) is 0.250. The van der Waals surface area contributed by atoms with Crippen LogP contribution in [0.4, 0.5) is 13.2 Å². The number of nitrogens with zero attached hydrogens (tertiary/aromatic N) is 3. The van der Waals surface area contributed by atoms with Crippen LogP contribution in [0, 0.1) is 11.3 Å². The largest absolute Gasteiger partial charge is 0.471 e. The second-order valence-corrected chi connectivity index (χ2v) is 5.64. The molecule has 5 nitrogen and oxygen atoms in total. The first-order valence-electron chi connectivity index (χ1n) is 5.67. The summed E-state index contributed by atoms with van der Waals surface area (Å²) in [5, 5.41) is 8.93. The van der Waals surface area contributed by atoms with Gasteiger partial charge in [-0.1, -0.05) is 0 Å². The molecule has 1 unspecified atom stereocenters. The van der Waals surface area contributed by atoms with Gasteiger partial charge in [0, 0.05) is 6.54 Å². The molecule has 110 valence electrons. The summed E-state index contributed by atoms with van der Waals surface area (Å²) >= 11 is 0. The lowest BCUT2D eigenvalue weighted by Crippen LogP contribution is -2.27. The molecule has 21 heavy (non-hydrogen) atoms. The molecule has 1 atom stereocenters. The number of hydrogen-bond acceptors (Lipinski definition) is 4. The summed E-state index contributed by atoms with van der Waals surface area (Å²) in [6.07, 6.45) is 1.08. The Kier molecular flexibility index (Phi) is 4.09. The van der Waals surface area contributed by atoms with Gasteiger partial charge in [-0.3, -0.25) is 13.6 Å². The highest BCUT2D eigenvalue weighted by Crippen LogP contribution is 2.20. The standard InChI is InChI=1S/C12H8F3N3O2S/c13-12(14,15)21(20)4-3-18-7-17-10-5-8(6-16)1-2-9(10)11(18)19/h1-2,5,7H,3-4H2. The zero-order chi connectivity index (χ0) is 15.6. The van der Waals surface area contributed by atoms with Gasteiger partial charge in [0.2, 0.25) is 0 Å². The van der Waals surface area contributed by atoms with Crippen molar-refractivity contribution in [1.82, 2.24) is 9.55 Å². The number of benzene rings is 1. The highest BCUT2D eigenvalue weighted by Gasteiger charge is 2.36. The van der Waals surface area contributed by atoms with Crippen LogP contribution in [0.1, 0.15) is 5.56 Å². The second kappa shape index (κ2) is 5.65. The summed E-state index contributed by atoms with van der Waals surface area (Å²) in [7, 11) is -3.02. The van der Waals surface area contributed by atoms with Crippen LogP contribution in [0.5, 0.6) is 0 Å². The fourth-order valence-corrected chi connectivity index (χ4v) is 2.28. The van der Waals surface area contributed by atoms with E-state index in [4.69, 9.17) is 5.26 Å². The Morgan fingerprint density at radius 2 is 2.10 bits per heavy atom. The van der Waals surface area contributed by atoms with Crippen molar-refractivity contribution in [3.8, 4) is 6.07 Å². The smallest absolute Gasteiger partial charge is 0.298 e. The van der Waals surface area contributed by atoms with E-state index in [1.54, 1.807) is 0 Å². The van der Waals surface area contributed by atoms with Gasteiger partial charge in [-0.15, -0.1) is 0 Å². The van der Waals surface area contributed by atoms with Crippen molar-refractivity contribution >= 4 is 21.7 Å². The Labute approximate surface area is 119 Å². The first-order valence-corrected chi connectivity index (χ1v) is 6.99. The molecular formula is C12H8F3N3O2S. The molecule has 0 amide bonds. The lowest BCUT2D eigenvalue weighted by Gasteiger charge is -2.08. The van der Waals surface area contributed by atoms with Crippen LogP contribution < -0.4 is 5.56 Å². The molecule has 0 fully saturated rings. The molecule has 1 aromatic carbocycles. The number of fused-ring (bicyclic) bond motifs is 1. The average Bonchev–Trinajstić information content (AvgIpc) is 2.44. The van der Waals surface area contributed by atoms with Crippen LogP contribution in [-0.4, -0.2) is 25.0 Å². The van der Waals surface area contributed by atoms with Crippen molar-refractivity contribution in [2.24, 2.45) is 0 Å². The predicted molar refractivity (Wildman–Crippen MR) is 69.8 cm³/mol. The van der Waals surface area contributed by atoms with E-state index in [1.807, 2.05) is 6.07 Å². The van der Waals surface area contributed by atoms with Gasteiger partial charge in [0.25, 0.3) is 5.56 Å². The maximum atomic E-state index is 12.2. The summed E-state index contributed by atoms with van der Waals surface area (Å²) in [6, 6.07) is 6.12. The van der Waals surface area contributed by atoms with E-state index in [9.17, 15) is 22.2 Å². The lowest BCUT2D eigenvalue weighted by atomic mass is 10.2. The minimum atomic E-state index is -4.80. The molecule has 0 radical (unpaired) electrons. The highest BCUT2D eigenvalue weighted by atomic mass is 32.2. The summed E-state index contributed by atoms with van der Waals surface area (Å²) in [4.78, 5) is 16.0. The van der Waals surface area contributed by atoms with Crippen molar-refractivity contribution < 1.29 is 17.4 Å². The SMILES string of the molecule is N#Cc1ccc2c(=O)n(CCS(=O)C(F)(F)F)cnc2c1. The molecule has 0 bridgehead atoms. The maximum Gasteiger partial charge on any atom is 0.471 e. The minimum Gasteiger partial charge on any atom is -0.298 e. The Morgan fingerprint density at radius 3 is 2.71 bits per heavy atom. The lowest BCUT2D eigenvalue weighted by molar-refractivity contribution is -0.0384. The van der Waals surface area contributed by atoms with Crippen LogP contribution >= 0.6 is 0 Å². The Bertz CT molecular complexity index is 808. The molecular weight excluding hydrogens is 307 g/mol. The first-order chi connectivity index (χ1) is 9.82. The van der Waals surface area contributed by atoms with Gasteiger partial charge in [-0.2, -0.15) is 18.4 Å². The van der Waals surface area contributed by atoms with E-state index in [2.05, 4.69) is 4.98 Å². The van der Waals surface area contributed by atoms with Gasteiger partial charge in [0.15, 0.2) is 0 Å². The number of halogens is 3. The molecule has 0 N–H and O–H groups in total. The Hall–Kier alpha value is -2.21. The summed E-state index contributed by atoms with van der Waals surface area (Å²) in [5.74, 6) is -0.715. The number of aryl methyl sites for hydroxylation is 1. The van der Waals surface area contributed by atoms with E-state index in [0.29, 0.717) is 5.56 Å². The van der Waals surface area contributed by atoms with Crippen LogP contribution in [0.15, 0.2) is 29.3 Å². The molecule has 0 saturated heterocycles. The molecule has 0 aliphatic heterocycles. The van der Waals surface area contributed by atoms with Crippen LogP contribution in [0.25, 0.3) is 10.9 Å². The topological polar surface area (TPSA) is 75.8 Å². The van der Waals surface area contributed by atoms with Gasteiger partial charge in [0.05, 0.1) is 34.6 Å². The van der Waals surface area contributed by atoms with Gasteiger partial charge < -0.3 is 0 Å². The average molecular weight is 315 g/mol. The third kappa shape index (κ3) is 3.28. The van der Waals surface area contributed by atoms with Crippen molar-refractivity contribution in [2.75, 3.05) is 5.75 Å². The number of aromatic nitrogens is 2. The summed E-state index contributed by atoms with van der Waals surface area (Å²) in [5.41, 5.74) is -4.73. The van der Waals surface area contributed by atoms with Crippen LogP contribution in [0.2, 0.25) is 0 Å². The summed E-state index contributed by atoms with van der Waals surface area (Å²) in [6.45, 7) is -0.353. The third-order valence-corrected chi connectivity index (χ3v) is 3.80. The maximum absolute atomic E-state index is 12.2. The normalized spacial score (nSPS) is 13.0. The third-order valence-electron chi connectivity index (χ3n) is 2.73. The molecule has 0 aliphatic rings. The second-order valence-electron chi connectivity index (χ2n) is 4.08. The van der Waals surface area contributed by atoms with Gasteiger partial charge in [-0.05, 0) is 18.2 Å². The van der Waals surface area contributed by atoms with Gasteiger partial charge >= 0.3 is 5.51 Å². The van der Waals surface area contributed by atoms with E-state index < -0.39 is 27.6 Å². The monoisotopic (exact) mass is 315 g/mol. The van der Waals surface area contributed by atoms with E-state index in [-0.39, 0.29) is 17.4 Å². The van der Waals surface area contributed by atoms with Crippen molar-refractivity contribution in [3.05, 3.63) is 40.4 Å². The first kappa shape index (κ1) is 15.2. The molecule has 1 heterocycles. The molecule has 1 aromatic heterocycles. The molecule has 9 heteroatoms. The van der Waals surface area contributed by atoms with Crippen molar-refractivity contribution in [1.29, 1.82) is 5.26 Å². The predicted octanol–water partition coefficient (Wildman–Crippen LogP) is 1.54. The Morgan fingerprint density at radius 1 is 1.38 bits per heavy atom. The molecule has 2 aromatic rings. The quantitative estimate of drug-likeness (QED) is 0.861. The number of hydrogen-bond donors (Lipinski definition) is 0. The zero-order valence-corrected chi connectivity index (χ0v) is 11.2. The zero-order valence-electron chi connectivity index (χ0n) is 10.4. The number of nitriles is 1. The molecule has 2 rings (SSSR count). The Balaban J connectivity index is 2.31. The number of alkyl halides is 3. The molecule has 0 saturated carbocycles. The molecule has 0 aliphatic carbocycles. The van der Waals surface area contributed by atoms with Gasteiger partial charge in [-0.25, -0.2) is 4.98 Å².